The second-order valence-corrected chi connectivity index (χ2v) is 7.62. The molecule has 2 heterocycles. The zero-order valence-electron chi connectivity index (χ0n) is 17.0. The van der Waals surface area contributed by atoms with Gasteiger partial charge in [0.1, 0.15) is 28.7 Å². The van der Waals surface area contributed by atoms with Gasteiger partial charge in [-0.15, -0.1) is 11.3 Å². The molecule has 0 aliphatic heterocycles. The van der Waals surface area contributed by atoms with Crippen molar-refractivity contribution in [2.24, 2.45) is 0 Å². The van der Waals surface area contributed by atoms with Crippen molar-refractivity contribution < 1.29 is 9.47 Å². The van der Waals surface area contributed by atoms with Crippen LogP contribution >= 0.6 is 11.3 Å². The van der Waals surface area contributed by atoms with Crippen LogP contribution < -0.4 is 4.74 Å². The van der Waals surface area contributed by atoms with Crippen LogP contribution in [0.3, 0.4) is 0 Å². The molecule has 1 atom stereocenters. The molecule has 2 aromatic heterocycles. The van der Waals surface area contributed by atoms with E-state index in [4.69, 9.17) is 9.47 Å². The van der Waals surface area contributed by atoms with Crippen LogP contribution in [0.25, 0.3) is 10.8 Å². The van der Waals surface area contributed by atoms with E-state index in [1.165, 1.54) is 0 Å². The van der Waals surface area contributed by atoms with E-state index >= 15 is 0 Å². The van der Waals surface area contributed by atoms with Crippen LogP contribution in [0.4, 0.5) is 0 Å². The molecule has 0 radical (unpaired) electrons. The predicted octanol–water partition coefficient (Wildman–Crippen LogP) is 5.42. The maximum atomic E-state index is 5.95. The number of ether oxygens (including phenoxy) is 2. The van der Waals surface area contributed by atoms with Gasteiger partial charge >= 0.3 is 0 Å². The van der Waals surface area contributed by atoms with Gasteiger partial charge in [0.25, 0.3) is 0 Å². The second kappa shape index (κ2) is 9.08. The molecule has 0 saturated heterocycles. The molecule has 5 heteroatoms. The first-order valence-corrected chi connectivity index (χ1v) is 10.7. The minimum Gasteiger partial charge on any atom is -0.481 e. The van der Waals surface area contributed by atoms with Crippen LogP contribution in [0.1, 0.15) is 29.6 Å². The number of aromatic nitrogens is 2. The number of benzene rings is 2. The van der Waals surface area contributed by atoms with E-state index < -0.39 is 5.60 Å². The van der Waals surface area contributed by atoms with Crippen LogP contribution in [0.15, 0.2) is 72.4 Å². The highest BCUT2D eigenvalue weighted by Crippen LogP contribution is 2.38. The van der Waals surface area contributed by atoms with Gasteiger partial charge < -0.3 is 9.47 Å². The molecule has 0 bridgehead atoms. The predicted molar refractivity (Wildman–Crippen MR) is 121 cm³/mol. The second-order valence-electron chi connectivity index (χ2n) is 6.72. The van der Waals surface area contributed by atoms with Crippen LogP contribution in [0.5, 0.6) is 5.75 Å². The molecule has 0 aliphatic rings. The molecule has 0 aliphatic carbocycles. The summed E-state index contributed by atoms with van der Waals surface area (Å²) >= 11 is 1.59. The van der Waals surface area contributed by atoms with Gasteiger partial charge in [0.2, 0.25) is 0 Å². The van der Waals surface area contributed by atoms with Gasteiger partial charge in [-0.2, -0.15) is 0 Å². The molecule has 150 valence electrons. The Labute approximate surface area is 180 Å². The first-order valence-electron chi connectivity index (χ1n) is 9.78. The number of methoxy groups -OCH3 is 1. The first kappa shape index (κ1) is 20.1. The van der Waals surface area contributed by atoms with Crippen molar-refractivity contribution in [3.63, 3.8) is 0 Å². The van der Waals surface area contributed by atoms with E-state index in [0.29, 0.717) is 0 Å². The summed E-state index contributed by atoms with van der Waals surface area (Å²) in [6.07, 6.45) is 4.36. The quantitative estimate of drug-likeness (QED) is 0.395. The Hall–Kier alpha value is -3.20. The minimum absolute atomic E-state index is 0.276. The number of nitrogens with zero attached hydrogens (tertiary/aromatic N) is 2. The van der Waals surface area contributed by atoms with Crippen LogP contribution in [-0.2, 0) is 10.3 Å². The lowest BCUT2D eigenvalue weighted by Gasteiger charge is -2.30. The molecule has 4 rings (SSSR count). The molecular weight excluding hydrogens is 392 g/mol. The van der Waals surface area contributed by atoms with Gasteiger partial charge in [0.05, 0.1) is 0 Å². The number of rotatable bonds is 6. The highest BCUT2D eigenvalue weighted by Gasteiger charge is 2.35. The zero-order chi connectivity index (χ0) is 20.8. The largest absolute Gasteiger partial charge is 0.481 e. The minimum atomic E-state index is -0.577. The summed E-state index contributed by atoms with van der Waals surface area (Å²) in [5.41, 5.74) is 1.20. The van der Waals surface area contributed by atoms with Gasteiger partial charge in [-0.3, -0.25) is 0 Å². The highest BCUT2D eigenvalue weighted by atomic mass is 32.1. The Morgan fingerprint density at radius 1 is 1.03 bits per heavy atom. The van der Waals surface area contributed by atoms with Crippen molar-refractivity contribution in [2.45, 2.75) is 18.9 Å². The summed E-state index contributed by atoms with van der Waals surface area (Å²) in [6, 6.07) is 18.0. The topological polar surface area (TPSA) is 44.2 Å². The summed E-state index contributed by atoms with van der Waals surface area (Å²) in [4.78, 5) is 8.89. The van der Waals surface area contributed by atoms with Crippen molar-refractivity contribution in [2.75, 3.05) is 13.7 Å². The number of fused-ring (bicyclic) bond motifs is 1. The fraction of sp³-hybridized carbons (Fsp3) is 0.200. The Balaban J connectivity index is 1.53. The average molecular weight is 415 g/mol. The highest BCUT2D eigenvalue weighted by molar-refractivity contribution is 7.09. The third-order valence-electron chi connectivity index (χ3n) is 5.12. The summed E-state index contributed by atoms with van der Waals surface area (Å²) in [5, 5.41) is 5.08. The van der Waals surface area contributed by atoms with Crippen molar-refractivity contribution >= 4 is 22.1 Å². The summed E-state index contributed by atoms with van der Waals surface area (Å²) < 4.78 is 11.9. The molecule has 0 saturated carbocycles. The Morgan fingerprint density at radius 3 is 2.73 bits per heavy atom. The van der Waals surface area contributed by atoms with Gasteiger partial charge in [0, 0.05) is 30.3 Å². The SMILES string of the molecule is CCC(OC)(c1cccc(OCC#Cc2nccc3ccccc23)c1)c1nccs1. The zero-order valence-corrected chi connectivity index (χ0v) is 17.8. The number of pyridine rings is 1. The molecular formula is C25H22N2O2S. The maximum Gasteiger partial charge on any atom is 0.149 e. The van der Waals surface area contributed by atoms with E-state index in [1.807, 2.05) is 53.9 Å². The van der Waals surface area contributed by atoms with Crippen molar-refractivity contribution in [3.8, 4) is 17.6 Å². The number of thiazole rings is 1. The van der Waals surface area contributed by atoms with Gasteiger partial charge in [-0.1, -0.05) is 49.2 Å². The maximum absolute atomic E-state index is 5.95. The van der Waals surface area contributed by atoms with E-state index in [2.05, 4.69) is 34.8 Å². The Morgan fingerprint density at radius 2 is 1.93 bits per heavy atom. The average Bonchev–Trinajstić information content (AvgIpc) is 3.34. The van der Waals surface area contributed by atoms with E-state index in [0.717, 1.165) is 39.2 Å². The van der Waals surface area contributed by atoms with Gasteiger partial charge in [-0.25, -0.2) is 9.97 Å². The number of hydrogen-bond donors (Lipinski definition) is 0. The summed E-state index contributed by atoms with van der Waals surface area (Å²) in [5.74, 6) is 6.96. The third-order valence-corrected chi connectivity index (χ3v) is 6.03. The van der Waals surface area contributed by atoms with E-state index in [1.54, 1.807) is 30.8 Å². The molecule has 4 aromatic rings. The van der Waals surface area contributed by atoms with Gasteiger partial charge in [0.15, 0.2) is 0 Å². The van der Waals surface area contributed by atoms with Crippen molar-refractivity contribution in [1.82, 2.24) is 9.97 Å². The smallest absolute Gasteiger partial charge is 0.149 e. The van der Waals surface area contributed by atoms with Gasteiger partial charge in [-0.05, 0) is 41.5 Å². The summed E-state index contributed by atoms with van der Waals surface area (Å²) in [7, 11) is 1.72. The fourth-order valence-corrected chi connectivity index (χ4v) is 4.45. The normalized spacial score (nSPS) is 12.7. The summed E-state index contributed by atoms with van der Waals surface area (Å²) in [6.45, 7) is 2.37. The molecule has 0 spiro atoms. The lowest BCUT2D eigenvalue weighted by Crippen LogP contribution is -2.29. The van der Waals surface area contributed by atoms with E-state index in [-0.39, 0.29) is 6.61 Å². The number of hydrogen-bond acceptors (Lipinski definition) is 5. The molecule has 30 heavy (non-hydrogen) atoms. The van der Waals surface area contributed by atoms with Crippen LogP contribution in [-0.4, -0.2) is 23.7 Å². The monoisotopic (exact) mass is 414 g/mol. The van der Waals surface area contributed by atoms with Crippen molar-refractivity contribution in [1.29, 1.82) is 0 Å². The lowest BCUT2D eigenvalue weighted by atomic mass is 9.91. The van der Waals surface area contributed by atoms with Crippen LogP contribution in [0, 0.1) is 11.8 Å². The fourth-order valence-electron chi connectivity index (χ4n) is 3.55. The molecule has 4 nitrogen and oxygen atoms in total. The first-order chi connectivity index (χ1) is 14.8. The standard InChI is InChI=1S/C25H22N2O2S/c1-3-25(28-2,24-27-15-17-30-24)20-9-6-10-21(18-20)29-16-7-12-23-22-11-5-4-8-19(22)13-14-26-23/h4-6,8-11,13-15,17-18H,3,16H2,1-2H3. The Bertz CT molecular complexity index is 1180. The molecule has 0 fully saturated rings. The van der Waals surface area contributed by atoms with Crippen molar-refractivity contribution in [3.05, 3.63) is 88.6 Å². The molecule has 1 unspecified atom stereocenters. The molecule has 0 amide bonds. The van der Waals surface area contributed by atoms with E-state index in [9.17, 15) is 0 Å². The lowest BCUT2D eigenvalue weighted by molar-refractivity contribution is 0.0182. The van der Waals surface area contributed by atoms with Crippen LogP contribution in [0.2, 0.25) is 0 Å². The molecule has 0 N–H and O–H groups in total. The Kier molecular flexibility index (Phi) is 6.08. The third kappa shape index (κ3) is 3.93. The molecule has 2 aromatic carbocycles.